The highest BCUT2D eigenvalue weighted by Gasteiger charge is 2.53. The molecule has 1 aromatic heterocycles. The highest BCUT2D eigenvalue weighted by molar-refractivity contribution is 7.89. The van der Waals surface area contributed by atoms with Crippen LogP contribution >= 0.6 is 0 Å². The Morgan fingerprint density at radius 2 is 2.05 bits per heavy atom. The molecule has 1 N–H and O–H groups in total. The van der Waals surface area contributed by atoms with Gasteiger partial charge in [-0.1, -0.05) is 0 Å². The number of aromatic nitrogens is 1. The number of aliphatic carboxylic acids is 1. The Bertz CT molecular complexity index is 632. The summed E-state index contributed by atoms with van der Waals surface area (Å²) in [5, 5.41) is 9.20. The Morgan fingerprint density at radius 1 is 1.33 bits per heavy atom. The van der Waals surface area contributed by atoms with Crippen LogP contribution in [0.2, 0.25) is 0 Å². The minimum atomic E-state index is -3.41. The lowest BCUT2D eigenvalue weighted by Gasteiger charge is -2.22. The van der Waals surface area contributed by atoms with Crippen LogP contribution in [0.15, 0.2) is 24.5 Å². The summed E-state index contributed by atoms with van der Waals surface area (Å²) in [6.45, 7) is 0. The molecule has 6 nitrogen and oxygen atoms in total. The zero-order valence-electron chi connectivity index (χ0n) is 11.6. The third-order valence-electron chi connectivity index (χ3n) is 4.51. The molecule has 1 aromatic rings. The molecule has 0 aliphatic carbocycles. The Labute approximate surface area is 123 Å². The van der Waals surface area contributed by atoms with E-state index in [1.165, 1.54) is 4.31 Å². The predicted molar refractivity (Wildman–Crippen MR) is 76.1 cm³/mol. The maximum atomic E-state index is 12.6. The molecule has 114 valence electrons. The normalized spacial score (nSPS) is 28.9. The van der Waals surface area contributed by atoms with Crippen molar-refractivity contribution in [3.05, 3.63) is 30.1 Å². The molecule has 7 heteroatoms. The molecule has 21 heavy (non-hydrogen) atoms. The molecule has 2 fully saturated rings. The molecule has 2 aliphatic rings. The summed E-state index contributed by atoms with van der Waals surface area (Å²) >= 11 is 0. The summed E-state index contributed by atoms with van der Waals surface area (Å²) in [7, 11) is -3.41. The Hall–Kier alpha value is -1.47. The predicted octanol–water partition coefficient (Wildman–Crippen LogP) is 0.891. The molecule has 3 heterocycles. The van der Waals surface area contributed by atoms with Crippen molar-refractivity contribution in [1.29, 1.82) is 0 Å². The highest BCUT2D eigenvalue weighted by Crippen LogP contribution is 2.43. The van der Waals surface area contributed by atoms with Gasteiger partial charge in [0.2, 0.25) is 10.0 Å². The van der Waals surface area contributed by atoms with Gasteiger partial charge in [-0.3, -0.25) is 9.78 Å². The van der Waals surface area contributed by atoms with E-state index in [0.29, 0.717) is 19.3 Å². The van der Waals surface area contributed by atoms with E-state index in [2.05, 4.69) is 4.98 Å². The van der Waals surface area contributed by atoms with Crippen LogP contribution in [0.5, 0.6) is 0 Å². The first-order chi connectivity index (χ1) is 9.99. The van der Waals surface area contributed by atoms with Crippen molar-refractivity contribution in [1.82, 2.24) is 9.29 Å². The maximum Gasteiger partial charge on any atom is 0.308 e. The van der Waals surface area contributed by atoms with E-state index in [-0.39, 0.29) is 17.8 Å². The fraction of sp³-hybridized carbons (Fsp3) is 0.571. The molecular weight excluding hydrogens is 292 g/mol. The molecule has 0 radical (unpaired) electrons. The lowest BCUT2D eigenvalue weighted by molar-refractivity contribution is -0.142. The second kappa shape index (κ2) is 5.38. The first kappa shape index (κ1) is 14.5. The van der Waals surface area contributed by atoms with Crippen molar-refractivity contribution in [3.8, 4) is 0 Å². The van der Waals surface area contributed by atoms with Gasteiger partial charge in [0.1, 0.15) is 0 Å². The van der Waals surface area contributed by atoms with Crippen LogP contribution < -0.4 is 0 Å². The number of sulfonamides is 1. The van der Waals surface area contributed by atoms with E-state index in [1.807, 2.05) is 0 Å². The fourth-order valence-electron chi connectivity index (χ4n) is 3.54. The second-order valence-corrected chi connectivity index (χ2v) is 7.72. The van der Waals surface area contributed by atoms with Gasteiger partial charge in [0.25, 0.3) is 0 Å². The molecule has 0 saturated carbocycles. The molecule has 3 atom stereocenters. The van der Waals surface area contributed by atoms with Crippen molar-refractivity contribution in [2.24, 2.45) is 5.92 Å². The number of aryl methyl sites for hydroxylation is 1. The summed E-state index contributed by atoms with van der Waals surface area (Å²) in [5.74, 6) is -1.40. The number of nitrogens with zero attached hydrogens (tertiary/aromatic N) is 2. The molecule has 3 unspecified atom stereocenters. The van der Waals surface area contributed by atoms with Gasteiger partial charge in [0.05, 0.1) is 11.7 Å². The number of rotatable bonds is 5. The molecule has 0 spiro atoms. The van der Waals surface area contributed by atoms with E-state index in [9.17, 15) is 18.3 Å². The maximum absolute atomic E-state index is 12.6. The average Bonchev–Trinajstić information content (AvgIpc) is 3.05. The van der Waals surface area contributed by atoms with Gasteiger partial charge < -0.3 is 5.11 Å². The first-order valence-corrected chi connectivity index (χ1v) is 8.73. The lowest BCUT2D eigenvalue weighted by atomic mass is 9.89. The number of hydrogen-bond donors (Lipinski definition) is 1. The summed E-state index contributed by atoms with van der Waals surface area (Å²) in [6.07, 6.45) is 5.61. The van der Waals surface area contributed by atoms with Gasteiger partial charge in [-0.15, -0.1) is 0 Å². The minimum Gasteiger partial charge on any atom is -0.481 e. The molecule has 3 rings (SSSR count). The topological polar surface area (TPSA) is 87.6 Å². The van der Waals surface area contributed by atoms with E-state index < -0.39 is 21.9 Å². The number of carbonyl (C=O) groups is 1. The van der Waals surface area contributed by atoms with Crippen molar-refractivity contribution in [2.45, 2.75) is 37.8 Å². The largest absolute Gasteiger partial charge is 0.481 e. The van der Waals surface area contributed by atoms with Crippen LogP contribution in [0.4, 0.5) is 0 Å². The van der Waals surface area contributed by atoms with E-state index >= 15 is 0 Å². The first-order valence-electron chi connectivity index (χ1n) is 7.12. The molecule has 2 aliphatic heterocycles. The summed E-state index contributed by atoms with van der Waals surface area (Å²) < 4.78 is 26.6. The Morgan fingerprint density at radius 3 is 2.67 bits per heavy atom. The average molecular weight is 310 g/mol. The molecule has 2 saturated heterocycles. The second-order valence-electron chi connectivity index (χ2n) is 5.73. The van der Waals surface area contributed by atoms with Crippen molar-refractivity contribution in [2.75, 3.05) is 5.75 Å². The zero-order chi connectivity index (χ0) is 15.0. The minimum absolute atomic E-state index is 0.0242. The van der Waals surface area contributed by atoms with Crippen molar-refractivity contribution < 1.29 is 18.3 Å². The molecule has 0 aromatic carbocycles. The summed E-state index contributed by atoms with van der Waals surface area (Å²) in [5.41, 5.74) is 0.926. The van der Waals surface area contributed by atoms with Gasteiger partial charge in [0, 0.05) is 24.5 Å². The summed E-state index contributed by atoms with van der Waals surface area (Å²) in [4.78, 5) is 15.1. The van der Waals surface area contributed by atoms with E-state index in [1.54, 1.807) is 24.5 Å². The van der Waals surface area contributed by atoms with Crippen molar-refractivity contribution >= 4 is 16.0 Å². The molecular formula is C14H18N2O4S. The Kier molecular flexibility index (Phi) is 3.71. The number of pyridine rings is 1. The molecule has 0 amide bonds. The van der Waals surface area contributed by atoms with Crippen LogP contribution in [-0.2, 0) is 21.2 Å². The smallest absolute Gasteiger partial charge is 0.308 e. The van der Waals surface area contributed by atoms with Gasteiger partial charge in [-0.05, 0) is 43.4 Å². The number of hydrogen-bond acceptors (Lipinski definition) is 4. The SMILES string of the molecule is O=C(O)C1CC2CCC1N2S(=O)(=O)CCc1ccncc1. The van der Waals surface area contributed by atoms with E-state index in [4.69, 9.17) is 0 Å². The van der Waals surface area contributed by atoms with Crippen LogP contribution in [0, 0.1) is 5.92 Å². The lowest BCUT2D eigenvalue weighted by Crippen LogP contribution is -2.39. The quantitative estimate of drug-likeness (QED) is 0.872. The number of carboxylic acid groups (broad SMARTS) is 1. The van der Waals surface area contributed by atoms with E-state index in [0.717, 1.165) is 12.0 Å². The monoisotopic (exact) mass is 310 g/mol. The molecule has 2 bridgehead atoms. The third kappa shape index (κ3) is 2.67. The van der Waals surface area contributed by atoms with Gasteiger partial charge in [-0.25, -0.2) is 8.42 Å². The summed E-state index contributed by atoms with van der Waals surface area (Å²) in [6, 6.07) is 3.12. The fourth-order valence-corrected chi connectivity index (χ4v) is 5.55. The van der Waals surface area contributed by atoms with Crippen LogP contribution in [-0.4, -0.2) is 46.6 Å². The number of fused-ring (bicyclic) bond motifs is 2. The number of carboxylic acids is 1. The van der Waals surface area contributed by atoms with Gasteiger partial charge >= 0.3 is 5.97 Å². The van der Waals surface area contributed by atoms with Crippen molar-refractivity contribution in [3.63, 3.8) is 0 Å². The standard InChI is InChI=1S/C14H18N2O4S/c17-14(18)12-9-11-1-2-13(12)16(11)21(19,20)8-5-10-3-6-15-7-4-10/h3-4,6-7,11-13H,1-2,5,8-9H2,(H,17,18). The van der Waals surface area contributed by atoms with Crippen LogP contribution in [0.25, 0.3) is 0 Å². The van der Waals surface area contributed by atoms with Crippen LogP contribution in [0.3, 0.4) is 0 Å². The zero-order valence-corrected chi connectivity index (χ0v) is 12.4. The highest BCUT2D eigenvalue weighted by atomic mass is 32.2. The Balaban J connectivity index is 1.72. The van der Waals surface area contributed by atoms with Crippen LogP contribution in [0.1, 0.15) is 24.8 Å². The van der Waals surface area contributed by atoms with Gasteiger partial charge in [-0.2, -0.15) is 4.31 Å². The third-order valence-corrected chi connectivity index (χ3v) is 6.44. The van der Waals surface area contributed by atoms with Gasteiger partial charge in [0.15, 0.2) is 0 Å².